The third-order valence-corrected chi connectivity index (χ3v) is 6.12. The average molecular weight is 509 g/mol. The molecule has 2 N–H and O–H groups in total. The summed E-state index contributed by atoms with van der Waals surface area (Å²) in [4.78, 5) is 27.5. The summed E-state index contributed by atoms with van der Waals surface area (Å²) < 4.78 is 5.94. The number of hydrogen-bond acceptors (Lipinski definition) is 6. The first-order valence-electron chi connectivity index (χ1n) is 10.8. The number of carbonyl (C=O) groups excluding carboxylic acids is 1. The van der Waals surface area contributed by atoms with E-state index in [9.17, 15) is 14.9 Å². The first-order valence-corrected chi connectivity index (χ1v) is 11.6. The van der Waals surface area contributed by atoms with Gasteiger partial charge in [-0.25, -0.2) is 4.98 Å². The third-order valence-electron chi connectivity index (χ3n) is 5.59. The van der Waals surface area contributed by atoms with Crippen molar-refractivity contribution in [3.63, 3.8) is 0 Å². The van der Waals surface area contributed by atoms with E-state index in [0.717, 1.165) is 23.6 Å². The maximum atomic E-state index is 12.5. The zero-order valence-corrected chi connectivity index (χ0v) is 20.4. The molecule has 4 rings (SSSR count). The fourth-order valence-electron chi connectivity index (χ4n) is 3.47. The van der Waals surface area contributed by atoms with Crippen molar-refractivity contribution in [2.24, 2.45) is 0 Å². The molecule has 0 fully saturated rings. The number of benzene rings is 3. The fraction of sp³-hybridized carbons (Fsp3) is 0.160. The Balaban J connectivity index is 1.48. The summed E-state index contributed by atoms with van der Waals surface area (Å²) >= 11 is 11.0. The van der Waals surface area contributed by atoms with Crippen LogP contribution in [-0.2, 0) is 0 Å². The first-order chi connectivity index (χ1) is 16.7. The van der Waals surface area contributed by atoms with E-state index in [0.29, 0.717) is 23.1 Å². The number of nitro benzene ring substituents is 1. The number of rotatable bonds is 6. The van der Waals surface area contributed by atoms with E-state index in [4.69, 9.17) is 28.2 Å². The van der Waals surface area contributed by atoms with E-state index in [-0.39, 0.29) is 21.4 Å². The van der Waals surface area contributed by atoms with E-state index in [1.807, 2.05) is 24.3 Å². The van der Waals surface area contributed by atoms with Crippen LogP contribution in [-0.4, -0.2) is 20.9 Å². The maximum absolute atomic E-state index is 12.5. The predicted molar refractivity (Wildman–Crippen MR) is 140 cm³/mol. The van der Waals surface area contributed by atoms with Crippen molar-refractivity contribution in [3.8, 4) is 11.5 Å². The normalized spacial score (nSPS) is 11.7. The zero-order valence-electron chi connectivity index (χ0n) is 18.9. The summed E-state index contributed by atoms with van der Waals surface area (Å²) in [5, 5.41) is 16.5. The summed E-state index contributed by atoms with van der Waals surface area (Å²) in [6, 6.07) is 17.1. The molecule has 1 heterocycles. The van der Waals surface area contributed by atoms with E-state index in [2.05, 4.69) is 35.5 Å². The van der Waals surface area contributed by atoms with Crippen molar-refractivity contribution in [1.82, 2.24) is 10.3 Å². The molecular weight excluding hydrogens is 488 g/mol. The Morgan fingerprint density at radius 1 is 1.20 bits per heavy atom. The number of aromatic nitrogens is 1. The van der Waals surface area contributed by atoms with Gasteiger partial charge in [-0.1, -0.05) is 37.6 Å². The number of thiocarbonyl (C=S) groups is 1. The number of nitro groups is 1. The Morgan fingerprint density at radius 3 is 2.74 bits per heavy atom. The number of anilines is 1. The van der Waals surface area contributed by atoms with E-state index >= 15 is 0 Å². The Morgan fingerprint density at radius 2 is 2.00 bits per heavy atom. The summed E-state index contributed by atoms with van der Waals surface area (Å²) in [5.41, 5.74) is 3.74. The Hall–Kier alpha value is -3.82. The number of nitrogens with zero attached hydrogens (tertiary/aromatic N) is 2. The van der Waals surface area contributed by atoms with Gasteiger partial charge in [0.15, 0.2) is 10.7 Å². The standard InChI is InChI=1S/C25H21ClN4O4S/c1-3-14(2)15-8-10-22-20(12-15)28-24(34-22)17-5-4-6-18(11-17)27-25(35)29-23(31)16-7-9-19(26)21(13-16)30(32)33/h4-14H,3H2,1-2H3,(H2,27,29,31,35)/t14-/m1/s1. The predicted octanol–water partition coefficient (Wildman–Crippen LogP) is 6.70. The monoisotopic (exact) mass is 508 g/mol. The molecule has 0 saturated carbocycles. The molecule has 0 aliphatic carbocycles. The van der Waals surface area contributed by atoms with Gasteiger partial charge in [0.1, 0.15) is 10.5 Å². The molecular formula is C25H21ClN4O4S. The van der Waals surface area contributed by atoms with Gasteiger partial charge >= 0.3 is 0 Å². The van der Waals surface area contributed by atoms with Crippen LogP contribution < -0.4 is 10.6 Å². The number of amides is 1. The molecule has 1 amide bonds. The lowest BCUT2D eigenvalue weighted by Gasteiger charge is -2.10. The molecule has 0 bridgehead atoms. The molecule has 0 saturated heterocycles. The second-order valence-electron chi connectivity index (χ2n) is 7.97. The number of halogens is 1. The van der Waals surface area contributed by atoms with Crippen LogP contribution in [0.4, 0.5) is 11.4 Å². The van der Waals surface area contributed by atoms with Gasteiger partial charge in [0.25, 0.3) is 11.6 Å². The number of fused-ring (bicyclic) bond motifs is 1. The van der Waals surface area contributed by atoms with Gasteiger partial charge in [-0.2, -0.15) is 0 Å². The van der Waals surface area contributed by atoms with Crippen LogP contribution in [0.1, 0.15) is 42.1 Å². The van der Waals surface area contributed by atoms with Crippen LogP contribution in [0, 0.1) is 10.1 Å². The molecule has 0 unspecified atom stereocenters. The maximum Gasteiger partial charge on any atom is 0.288 e. The van der Waals surface area contributed by atoms with Crippen molar-refractivity contribution in [2.45, 2.75) is 26.2 Å². The molecule has 0 aliphatic rings. The molecule has 1 aromatic heterocycles. The van der Waals surface area contributed by atoms with Gasteiger partial charge in [0, 0.05) is 22.9 Å². The lowest BCUT2D eigenvalue weighted by atomic mass is 9.98. The summed E-state index contributed by atoms with van der Waals surface area (Å²) in [6.07, 6.45) is 1.04. The smallest absolute Gasteiger partial charge is 0.288 e. The number of hydrogen-bond donors (Lipinski definition) is 2. The molecule has 4 aromatic rings. The highest BCUT2D eigenvalue weighted by Crippen LogP contribution is 2.29. The number of nitrogens with one attached hydrogen (secondary N) is 2. The highest BCUT2D eigenvalue weighted by Gasteiger charge is 2.17. The van der Waals surface area contributed by atoms with Crippen LogP contribution in [0.25, 0.3) is 22.6 Å². The molecule has 178 valence electrons. The van der Waals surface area contributed by atoms with Crippen LogP contribution in [0.5, 0.6) is 0 Å². The molecule has 0 radical (unpaired) electrons. The van der Waals surface area contributed by atoms with E-state index in [1.165, 1.54) is 17.7 Å². The van der Waals surface area contributed by atoms with Gasteiger partial charge in [-0.05, 0) is 72.6 Å². The van der Waals surface area contributed by atoms with E-state index < -0.39 is 10.8 Å². The van der Waals surface area contributed by atoms with E-state index in [1.54, 1.807) is 12.1 Å². The van der Waals surface area contributed by atoms with Gasteiger partial charge < -0.3 is 9.73 Å². The Kier molecular flexibility index (Phi) is 7.09. The van der Waals surface area contributed by atoms with Gasteiger partial charge in [-0.15, -0.1) is 0 Å². The van der Waals surface area contributed by atoms with Crippen molar-refractivity contribution in [1.29, 1.82) is 0 Å². The lowest BCUT2D eigenvalue weighted by Crippen LogP contribution is -2.34. The van der Waals surface area contributed by atoms with Gasteiger partial charge in [-0.3, -0.25) is 20.2 Å². The molecule has 0 aliphatic heterocycles. The minimum Gasteiger partial charge on any atom is -0.436 e. The number of oxazole rings is 1. The fourth-order valence-corrected chi connectivity index (χ4v) is 3.87. The topological polar surface area (TPSA) is 110 Å². The SMILES string of the molecule is CC[C@@H](C)c1ccc2oc(-c3cccc(NC(=S)NC(=O)c4ccc(Cl)c([N+](=O)[O-])c4)c3)nc2c1. The third kappa shape index (κ3) is 5.47. The van der Waals surface area contributed by atoms with Crippen molar-refractivity contribution < 1.29 is 14.1 Å². The minimum absolute atomic E-state index is 0.0283. The van der Waals surface area contributed by atoms with Gasteiger partial charge in [0.05, 0.1) is 4.92 Å². The highest BCUT2D eigenvalue weighted by atomic mass is 35.5. The second kappa shape index (κ2) is 10.2. The molecule has 3 aromatic carbocycles. The average Bonchev–Trinajstić information content (AvgIpc) is 3.27. The van der Waals surface area contributed by atoms with Crippen LogP contribution in [0.3, 0.4) is 0 Å². The summed E-state index contributed by atoms with van der Waals surface area (Å²) in [6.45, 7) is 4.32. The number of carbonyl (C=O) groups is 1. The quantitative estimate of drug-likeness (QED) is 0.169. The summed E-state index contributed by atoms with van der Waals surface area (Å²) in [7, 11) is 0. The van der Waals surface area contributed by atoms with Crippen LogP contribution in [0.2, 0.25) is 5.02 Å². The van der Waals surface area contributed by atoms with Gasteiger partial charge in [0.2, 0.25) is 5.89 Å². The summed E-state index contributed by atoms with van der Waals surface area (Å²) in [5.74, 6) is 0.296. The zero-order chi connectivity index (χ0) is 25.1. The molecule has 35 heavy (non-hydrogen) atoms. The van der Waals surface area contributed by atoms with Crippen LogP contribution in [0.15, 0.2) is 65.1 Å². The van der Waals surface area contributed by atoms with Crippen LogP contribution >= 0.6 is 23.8 Å². The Labute approximate surface area is 211 Å². The second-order valence-corrected chi connectivity index (χ2v) is 8.78. The van der Waals surface area contributed by atoms with Crippen molar-refractivity contribution in [2.75, 3.05) is 5.32 Å². The van der Waals surface area contributed by atoms with Crippen molar-refractivity contribution in [3.05, 3.63) is 86.9 Å². The lowest BCUT2D eigenvalue weighted by molar-refractivity contribution is -0.384. The highest BCUT2D eigenvalue weighted by molar-refractivity contribution is 7.80. The van der Waals surface area contributed by atoms with Crippen molar-refractivity contribution >= 4 is 57.3 Å². The minimum atomic E-state index is -0.654. The molecule has 0 spiro atoms. The largest absolute Gasteiger partial charge is 0.436 e. The molecule has 1 atom stereocenters. The first kappa shape index (κ1) is 24.3. The molecule has 10 heteroatoms. The molecule has 8 nitrogen and oxygen atoms in total. The Bertz CT molecular complexity index is 1450.